The number of aliphatic hydroxyl groups is 2. The van der Waals surface area contributed by atoms with E-state index in [4.69, 9.17) is 24.4 Å². The van der Waals surface area contributed by atoms with Crippen LogP contribution in [0.25, 0.3) is 33.8 Å². The predicted octanol–water partition coefficient (Wildman–Crippen LogP) is 17.4. The molecule has 600 valence electrons. The normalized spacial score (nSPS) is 19.6. The molecule has 109 heavy (non-hydrogen) atoms. The predicted molar refractivity (Wildman–Crippen MR) is 456 cm³/mol. The van der Waals surface area contributed by atoms with Crippen LogP contribution in [0.5, 0.6) is 0 Å². The second kappa shape index (κ2) is 35.9. The fraction of sp³-hybridized carbons (Fsp3) is 0.648. The largest absolute Gasteiger partial charge is 0.466 e. The third-order valence-electron chi connectivity index (χ3n) is 24.5. The lowest BCUT2D eigenvalue weighted by molar-refractivity contribution is -0.148. The molecule has 3 fully saturated rings. The fourth-order valence-corrected chi connectivity index (χ4v) is 19.3. The van der Waals surface area contributed by atoms with E-state index in [2.05, 4.69) is 200 Å². The standard InChI is InChI=1S/C30H43N3O3S.C28H43N3O2S.C21H29N3S.C9H15BrO3/c1-8-36-26(35)18-30(6,7)25(34)19-32-13-15-33(16-14-32)27-31-24(20-37-27)21-9-10-22-23(17-21)29(4,5)12-11-28(22,2)3;1-26(2)9-10-27(3,4)22-17-20(7-8-21(22)26)23-19-34-25(29-23)31-14-12-30(13-15-31)18-24(33)28(5,6)11-16-32;1-20(2)7-8-21(3,4)17-13-15(5-6-16(17)20)18-14-25-19(23-18)24-11-9-22-10-12-24;1-4-13-8(12)5-9(2,3)7(11)6-10/h9-10,17,20H,8,11-16,18-19H2,1-7H3;7-8,17,19,24,32-33H,9-16,18H2,1-6H3;5-6,13-14,22H,7-12H2,1-4H3;4-6H2,1-3H3. The highest BCUT2D eigenvalue weighted by Gasteiger charge is 2.42. The maximum absolute atomic E-state index is 12.9. The van der Waals surface area contributed by atoms with Crippen molar-refractivity contribution in [1.82, 2.24) is 30.1 Å². The molecule has 17 nitrogen and oxygen atoms in total. The van der Waals surface area contributed by atoms with Crippen LogP contribution in [-0.2, 0) is 61.1 Å². The first kappa shape index (κ1) is 87.5. The zero-order valence-corrected chi connectivity index (χ0v) is 73.7. The first-order valence-electron chi connectivity index (χ1n) is 40.0. The van der Waals surface area contributed by atoms with E-state index >= 15 is 0 Å². The van der Waals surface area contributed by atoms with Gasteiger partial charge in [-0.05, 0) is 148 Å². The zero-order chi connectivity index (χ0) is 79.9. The molecule has 6 heterocycles. The second-order valence-corrected chi connectivity index (χ2v) is 40.2. The van der Waals surface area contributed by atoms with Crippen molar-refractivity contribution in [2.75, 3.05) is 131 Å². The molecule has 0 radical (unpaired) electrons. The highest BCUT2D eigenvalue weighted by atomic mass is 79.9. The number of esters is 2. The Morgan fingerprint density at radius 1 is 0.486 bits per heavy atom. The van der Waals surface area contributed by atoms with Gasteiger partial charge in [0.15, 0.2) is 21.2 Å². The van der Waals surface area contributed by atoms with Gasteiger partial charge in [0, 0.05) is 135 Å². The fourth-order valence-electron chi connectivity index (χ4n) is 15.8. The molecule has 0 bridgehead atoms. The van der Waals surface area contributed by atoms with Crippen molar-refractivity contribution in [2.45, 2.75) is 235 Å². The first-order valence-corrected chi connectivity index (χ1v) is 43.8. The molecular weight excluding hydrogens is 1490 g/mol. The topological polar surface area (TPSA) is 194 Å². The van der Waals surface area contributed by atoms with Crippen molar-refractivity contribution >= 4 is 88.8 Å². The number of thiazole rings is 3. The molecule has 1 atom stereocenters. The van der Waals surface area contributed by atoms with E-state index < -0.39 is 16.9 Å². The van der Waals surface area contributed by atoms with Gasteiger partial charge in [-0.2, -0.15) is 0 Å². The number of rotatable bonds is 22. The van der Waals surface area contributed by atoms with Crippen molar-refractivity contribution in [1.29, 1.82) is 0 Å². The number of piperazine rings is 3. The van der Waals surface area contributed by atoms with Crippen LogP contribution in [-0.4, -0.2) is 181 Å². The molecule has 3 aliphatic heterocycles. The first-order chi connectivity index (χ1) is 51.0. The molecule has 21 heteroatoms. The lowest BCUT2D eigenvalue weighted by atomic mass is 9.63. The number of nitrogens with one attached hydrogen (secondary N) is 1. The van der Waals surface area contributed by atoms with Gasteiger partial charge in [-0.25, -0.2) is 15.0 Å². The number of aromatic nitrogens is 3. The molecule has 0 saturated carbocycles. The van der Waals surface area contributed by atoms with Crippen LogP contribution < -0.4 is 20.0 Å². The minimum Gasteiger partial charge on any atom is -0.466 e. The quantitative estimate of drug-likeness (QED) is 0.0429. The highest BCUT2D eigenvalue weighted by molar-refractivity contribution is 9.09. The number of benzene rings is 3. The SMILES string of the molecule is CC1(C)CCC(C)(C)c2cc(-c3csc(N4CCN(CC(O)C(C)(C)CCO)CC4)n3)ccc21.CC1(C)CCC(C)(C)c2cc(-c3csc(N4CCNCC4)n3)ccc21.CCOC(=O)CC(C)(C)C(=O)CBr.CCOC(=O)CC(C)(C)C(=O)CN1CCN(c2nc(-c3ccc4c(c3)C(C)(C)CCC4(C)C)cs2)CC1. The van der Waals surface area contributed by atoms with E-state index in [1.807, 2.05) is 27.7 Å². The van der Waals surface area contributed by atoms with Crippen molar-refractivity contribution in [3.8, 4) is 33.8 Å². The lowest BCUT2D eigenvalue weighted by Gasteiger charge is -2.42. The van der Waals surface area contributed by atoms with Gasteiger partial charge in [-0.15, -0.1) is 34.0 Å². The Hall–Kier alpha value is -5.49. The van der Waals surface area contributed by atoms with Crippen LogP contribution in [0.1, 0.15) is 230 Å². The average molecular weight is 1620 g/mol. The Balaban J connectivity index is 0.000000176. The minimum atomic E-state index is -0.716. The van der Waals surface area contributed by atoms with Crippen LogP contribution in [0.4, 0.5) is 15.4 Å². The number of carbonyl (C=O) groups is 4. The lowest BCUT2D eigenvalue weighted by Crippen LogP contribution is -2.50. The Morgan fingerprint density at radius 3 is 1.14 bits per heavy atom. The van der Waals surface area contributed by atoms with Crippen molar-refractivity contribution in [3.63, 3.8) is 0 Å². The molecule has 6 aromatic rings. The van der Waals surface area contributed by atoms with Gasteiger partial charge in [0.25, 0.3) is 0 Å². The molecule has 3 N–H and O–H groups in total. The van der Waals surface area contributed by atoms with E-state index in [1.54, 1.807) is 61.7 Å². The molecule has 3 saturated heterocycles. The summed E-state index contributed by atoms with van der Waals surface area (Å²) in [5.41, 5.74) is 15.6. The van der Waals surface area contributed by atoms with Gasteiger partial charge in [-0.1, -0.05) is 177 Å². The summed E-state index contributed by atoms with van der Waals surface area (Å²) in [7, 11) is 0. The van der Waals surface area contributed by atoms with Gasteiger partial charge in [0.05, 0.1) is 61.1 Å². The van der Waals surface area contributed by atoms with E-state index in [-0.39, 0.29) is 86.2 Å². The van der Waals surface area contributed by atoms with Crippen molar-refractivity contribution in [2.24, 2.45) is 16.2 Å². The number of ketones is 2. The molecule has 3 aromatic carbocycles. The highest BCUT2D eigenvalue weighted by Crippen LogP contribution is 2.50. The molecule has 3 aromatic heterocycles. The molecule has 0 spiro atoms. The summed E-state index contributed by atoms with van der Waals surface area (Å²) in [6, 6.07) is 21.0. The van der Waals surface area contributed by atoms with E-state index in [0.717, 1.165) is 111 Å². The van der Waals surface area contributed by atoms with Gasteiger partial charge in [0.2, 0.25) is 0 Å². The van der Waals surface area contributed by atoms with Gasteiger partial charge < -0.3 is 39.7 Å². The van der Waals surface area contributed by atoms with Gasteiger partial charge >= 0.3 is 11.9 Å². The maximum Gasteiger partial charge on any atom is 0.306 e. The monoisotopic (exact) mass is 1620 g/mol. The number of carbonyl (C=O) groups excluding carboxylic acids is 4. The summed E-state index contributed by atoms with van der Waals surface area (Å²) in [6.45, 7) is 56.2. The van der Waals surface area contributed by atoms with Crippen molar-refractivity contribution in [3.05, 3.63) is 104 Å². The maximum atomic E-state index is 12.9. The smallest absolute Gasteiger partial charge is 0.306 e. The number of Topliss-reactive ketones (excluding diaryl/α,β-unsaturated/α-hetero) is 2. The third-order valence-corrected chi connectivity index (χ3v) is 27.7. The van der Waals surface area contributed by atoms with E-state index in [9.17, 15) is 29.4 Å². The van der Waals surface area contributed by atoms with E-state index in [1.165, 1.54) is 88.6 Å². The molecule has 12 rings (SSSR count). The molecular formula is C88H130BrN9O8S3. The Labute approximate surface area is 673 Å². The minimum absolute atomic E-state index is 0.0144. The average Bonchev–Trinajstić information content (AvgIpc) is 1.19. The Bertz CT molecular complexity index is 4070. The number of anilines is 3. The summed E-state index contributed by atoms with van der Waals surface area (Å²) in [4.78, 5) is 73.8. The summed E-state index contributed by atoms with van der Waals surface area (Å²) in [5, 5.41) is 33.5. The number of hydrogen-bond donors (Lipinski definition) is 3. The van der Waals surface area contributed by atoms with Gasteiger partial charge in [-0.3, -0.25) is 29.0 Å². The zero-order valence-electron chi connectivity index (χ0n) is 69.6. The number of halogens is 1. The number of hydrogen-bond acceptors (Lipinski definition) is 20. The second-order valence-electron chi connectivity index (χ2n) is 37.1. The summed E-state index contributed by atoms with van der Waals surface area (Å²) in [6.07, 6.45) is 7.83. The van der Waals surface area contributed by atoms with Crippen molar-refractivity contribution < 1.29 is 38.9 Å². The molecule has 1 unspecified atom stereocenters. The van der Waals surface area contributed by atoms with Crippen LogP contribution >= 0.6 is 49.9 Å². The van der Waals surface area contributed by atoms with Crippen LogP contribution in [0.3, 0.4) is 0 Å². The number of fused-ring (bicyclic) bond motifs is 3. The summed E-state index contributed by atoms with van der Waals surface area (Å²) >= 11 is 8.28. The third kappa shape index (κ3) is 21.9. The van der Waals surface area contributed by atoms with Gasteiger partial charge in [0.1, 0.15) is 5.78 Å². The van der Waals surface area contributed by atoms with Crippen LogP contribution in [0, 0.1) is 16.2 Å². The molecule has 0 amide bonds. The number of ether oxygens (including phenoxy) is 2. The number of aliphatic hydroxyl groups excluding tert-OH is 2. The van der Waals surface area contributed by atoms with E-state index in [0.29, 0.717) is 32.7 Å². The summed E-state index contributed by atoms with van der Waals surface area (Å²) in [5.74, 6) is -0.525. The Morgan fingerprint density at radius 2 is 0.807 bits per heavy atom. The number of alkyl halides is 1. The Kier molecular flexibility index (Phi) is 28.8. The van der Waals surface area contributed by atoms with Crippen LogP contribution in [0.2, 0.25) is 0 Å². The molecule has 6 aliphatic rings. The van der Waals surface area contributed by atoms with Crippen LogP contribution in [0.15, 0.2) is 70.7 Å². The number of β-amino-alcohol motifs (C(OH)–C–C–N with tert-alkyl or cyclic N) is 1. The summed E-state index contributed by atoms with van der Waals surface area (Å²) < 4.78 is 9.81. The number of nitrogens with zero attached hydrogens (tertiary/aromatic N) is 8. The molecule has 3 aliphatic carbocycles.